The number of fused-ring (bicyclic) bond motifs is 1. The smallest absolute Gasteiger partial charge is 0.201 e. The van der Waals surface area contributed by atoms with Gasteiger partial charge in [-0.2, -0.15) is 0 Å². The van der Waals surface area contributed by atoms with E-state index in [1.165, 1.54) is 25.0 Å². The number of anilines is 1. The van der Waals surface area contributed by atoms with Crippen molar-refractivity contribution in [2.75, 3.05) is 17.7 Å². The lowest BCUT2D eigenvalue weighted by Crippen LogP contribution is -2.16. The third kappa shape index (κ3) is 2.29. The Balaban J connectivity index is 1.71. The van der Waals surface area contributed by atoms with Crippen LogP contribution >= 0.6 is 11.6 Å². The normalized spacial score (nSPS) is 17.0. The van der Waals surface area contributed by atoms with Crippen LogP contribution in [-0.2, 0) is 0 Å². The van der Waals surface area contributed by atoms with E-state index in [1.807, 2.05) is 0 Å². The molecule has 5 heteroatoms. The second-order valence-electron chi connectivity index (χ2n) is 5.04. The first-order valence-electron chi connectivity index (χ1n) is 6.16. The van der Waals surface area contributed by atoms with Gasteiger partial charge >= 0.3 is 0 Å². The van der Waals surface area contributed by atoms with Crippen LogP contribution in [0.3, 0.4) is 0 Å². The van der Waals surface area contributed by atoms with Crippen LogP contribution in [0.25, 0.3) is 11.0 Å². The molecule has 1 aliphatic rings. The molecule has 0 bridgehead atoms. The van der Waals surface area contributed by atoms with Crippen LogP contribution in [0, 0.1) is 11.2 Å². The number of H-pyrrole nitrogens is 1. The monoisotopic (exact) mass is 267 g/mol. The van der Waals surface area contributed by atoms with E-state index in [-0.39, 0.29) is 5.82 Å². The molecule has 2 N–H and O–H groups in total. The molecule has 3 rings (SSSR count). The lowest BCUT2D eigenvalue weighted by molar-refractivity contribution is 0.523. The number of rotatable bonds is 5. The fourth-order valence-electron chi connectivity index (χ4n) is 2.23. The van der Waals surface area contributed by atoms with Crippen LogP contribution in [0.2, 0.25) is 0 Å². The maximum Gasteiger partial charge on any atom is 0.201 e. The number of hydrogen-bond donors (Lipinski definition) is 2. The SMILES string of the molecule is Fc1ccc2nc(NCC3(CCCl)CC3)[nH]c2c1. The molecule has 1 aromatic heterocycles. The molecule has 0 spiro atoms. The van der Waals surface area contributed by atoms with E-state index in [1.54, 1.807) is 6.07 Å². The summed E-state index contributed by atoms with van der Waals surface area (Å²) >= 11 is 5.80. The van der Waals surface area contributed by atoms with E-state index in [0.29, 0.717) is 17.2 Å². The third-order valence-electron chi connectivity index (χ3n) is 3.66. The van der Waals surface area contributed by atoms with Gasteiger partial charge in [0.25, 0.3) is 0 Å². The molecule has 1 heterocycles. The number of hydrogen-bond acceptors (Lipinski definition) is 2. The zero-order valence-corrected chi connectivity index (χ0v) is 10.7. The van der Waals surface area contributed by atoms with Gasteiger partial charge in [0.2, 0.25) is 5.95 Å². The van der Waals surface area contributed by atoms with Crippen LogP contribution in [0.4, 0.5) is 10.3 Å². The van der Waals surface area contributed by atoms with Crippen molar-refractivity contribution < 1.29 is 4.39 Å². The highest BCUT2D eigenvalue weighted by Crippen LogP contribution is 2.48. The van der Waals surface area contributed by atoms with Crippen LogP contribution in [0.1, 0.15) is 19.3 Å². The van der Waals surface area contributed by atoms with Crippen molar-refractivity contribution in [3.8, 4) is 0 Å². The summed E-state index contributed by atoms with van der Waals surface area (Å²) in [7, 11) is 0. The number of aromatic nitrogens is 2. The van der Waals surface area contributed by atoms with Gasteiger partial charge in [-0.15, -0.1) is 11.6 Å². The summed E-state index contributed by atoms with van der Waals surface area (Å²) in [5, 5.41) is 3.29. The maximum atomic E-state index is 13.0. The summed E-state index contributed by atoms with van der Waals surface area (Å²) < 4.78 is 13.0. The van der Waals surface area contributed by atoms with Gasteiger partial charge < -0.3 is 10.3 Å². The summed E-state index contributed by atoms with van der Waals surface area (Å²) in [6.07, 6.45) is 3.49. The minimum absolute atomic E-state index is 0.251. The molecule has 96 valence electrons. The van der Waals surface area contributed by atoms with Crippen LogP contribution < -0.4 is 5.32 Å². The summed E-state index contributed by atoms with van der Waals surface area (Å²) in [6.45, 7) is 0.877. The van der Waals surface area contributed by atoms with Crippen LogP contribution in [0.15, 0.2) is 18.2 Å². The molecule has 0 amide bonds. The van der Waals surface area contributed by atoms with Gasteiger partial charge in [0.05, 0.1) is 11.0 Å². The zero-order chi connectivity index (χ0) is 12.6. The van der Waals surface area contributed by atoms with E-state index in [4.69, 9.17) is 11.6 Å². The molecule has 0 aliphatic heterocycles. The quantitative estimate of drug-likeness (QED) is 0.814. The summed E-state index contributed by atoms with van der Waals surface area (Å²) in [5.74, 6) is 1.16. The summed E-state index contributed by atoms with van der Waals surface area (Å²) in [6, 6.07) is 4.56. The molecule has 1 fully saturated rings. The fourth-order valence-corrected chi connectivity index (χ4v) is 2.63. The van der Waals surface area contributed by atoms with Gasteiger partial charge in [-0.1, -0.05) is 0 Å². The van der Waals surface area contributed by atoms with Gasteiger partial charge in [-0.3, -0.25) is 0 Å². The number of aromatic amines is 1. The molecular formula is C13H15ClFN3. The number of imidazole rings is 1. The number of nitrogens with zero attached hydrogens (tertiary/aromatic N) is 1. The largest absolute Gasteiger partial charge is 0.355 e. The Morgan fingerprint density at radius 1 is 1.44 bits per heavy atom. The minimum atomic E-state index is -0.251. The Hall–Kier alpha value is -1.29. The van der Waals surface area contributed by atoms with Gasteiger partial charge in [0, 0.05) is 12.4 Å². The highest BCUT2D eigenvalue weighted by molar-refractivity contribution is 6.17. The highest BCUT2D eigenvalue weighted by Gasteiger charge is 2.41. The minimum Gasteiger partial charge on any atom is -0.355 e. The van der Waals surface area contributed by atoms with Gasteiger partial charge in [0.1, 0.15) is 5.82 Å². The van der Waals surface area contributed by atoms with Crippen molar-refractivity contribution in [1.82, 2.24) is 9.97 Å². The molecular weight excluding hydrogens is 253 g/mol. The average molecular weight is 268 g/mol. The van der Waals surface area contributed by atoms with E-state index in [0.717, 1.165) is 24.0 Å². The van der Waals surface area contributed by atoms with E-state index in [2.05, 4.69) is 15.3 Å². The van der Waals surface area contributed by atoms with E-state index >= 15 is 0 Å². The van der Waals surface area contributed by atoms with Crippen molar-refractivity contribution in [3.63, 3.8) is 0 Å². The van der Waals surface area contributed by atoms with Crippen LogP contribution in [0.5, 0.6) is 0 Å². The van der Waals surface area contributed by atoms with Crippen molar-refractivity contribution >= 4 is 28.6 Å². The van der Waals surface area contributed by atoms with Crippen molar-refractivity contribution in [3.05, 3.63) is 24.0 Å². The zero-order valence-electron chi connectivity index (χ0n) is 9.97. The number of benzene rings is 1. The molecule has 0 atom stereocenters. The second-order valence-corrected chi connectivity index (χ2v) is 5.42. The Kier molecular flexibility index (Phi) is 2.90. The van der Waals surface area contributed by atoms with Gasteiger partial charge in [0.15, 0.2) is 0 Å². The van der Waals surface area contributed by atoms with Crippen LogP contribution in [-0.4, -0.2) is 22.4 Å². The van der Waals surface area contributed by atoms with Crippen molar-refractivity contribution in [1.29, 1.82) is 0 Å². The first kappa shape index (κ1) is 11.8. The lowest BCUT2D eigenvalue weighted by Gasteiger charge is -2.13. The molecule has 2 aromatic rings. The van der Waals surface area contributed by atoms with E-state index in [9.17, 15) is 4.39 Å². The average Bonchev–Trinajstić information content (AvgIpc) is 2.99. The Morgan fingerprint density at radius 3 is 3.00 bits per heavy atom. The predicted molar refractivity (Wildman–Crippen MR) is 71.5 cm³/mol. The maximum absolute atomic E-state index is 13.0. The first-order chi connectivity index (χ1) is 8.71. The van der Waals surface area contributed by atoms with Crippen molar-refractivity contribution in [2.45, 2.75) is 19.3 Å². The highest BCUT2D eigenvalue weighted by atomic mass is 35.5. The van der Waals surface area contributed by atoms with Gasteiger partial charge in [-0.05, 0) is 42.9 Å². The molecule has 0 unspecified atom stereocenters. The number of halogens is 2. The third-order valence-corrected chi connectivity index (χ3v) is 3.85. The van der Waals surface area contributed by atoms with Gasteiger partial charge in [-0.25, -0.2) is 9.37 Å². The number of nitrogens with one attached hydrogen (secondary N) is 2. The number of alkyl halides is 1. The fraction of sp³-hybridized carbons (Fsp3) is 0.462. The molecule has 0 radical (unpaired) electrons. The summed E-state index contributed by atoms with van der Waals surface area (Å²) in [5.41, 5.74) is 1.85. The van der Waals surface area contributed by atoms with Crippen molar-refractivity contribution in [2.24, 2.45) is 5.41 Å². The molecule has 1 aliphatic carbocycles. The first-order valence-corrected chi connectivity index (χ1v) is 6.69. The second kappa shape index (κ2) is 4.43. The topological polar surface area (TPSA) is 40.7 Å². The predicted octanol–water partition coefficient (Wildman–Crippen LogP) is 3.52. The molecule has 1 aromatic carbocycles. The summed E-state index contributed by atoms with van der Waals surface area (Å²) in [4.78, 5) is 7.46. The van der Waals surface area contributed by atoms with E-state index < -0.39 is 0 Å². The molecule has 3 nitrogen and oxygen atoms in total. The Morgan fingerprint density at radius 2 is 2.28 bits per heavy atom. The molecule has 18 heavy (non-hydrogen) atoms. The lowest BCUT2D eigenvalue weighted by atomic mass is 10.0. The Labute approximate surface area is 110 Å². The standard InChI is InChI=1S/C13H15ClFN3/c14-6-5-13(3-4-13)8-16-12-17-10-2-1-9(15)7-11(10)18-12/h1-2,7H,3-6,8H2,(H2,16,17,18). The molecule has 0 saturated heterocycles. The Bertz CT molecular complexity index is 562. The molecule has 1 saturated carbocycles.